The molecule has 19 heavy (non-hydrogen) atoms. The van der Waals surface area contributed by atoms with Crippen LogP contribution in [-0.4, -0.2) is 39.5 Å². The van der Waals surface area contributed by atoms with E-state index >= 15 is 0 Å². The maximum atomic E-state index is 10.4. The highest BCUT2D eigenvalue weighted by Crippen LogP contribution is 2.49. The third-order valence-electron chi connectivity index (χ3n) is 3.47. The molecule has 1 aliphatic heterocycles. The van der Waals surface area contributed by atoms with Gasteiger partial charge in [-0.2, -0.15) is 0 Å². The molecule has 6 heteroatoms. The summed E-state index contributed by atoms with van der Waals surface area (Å²) in [5.41, 5.74) is 7.11. The van der Waals surface area contributed by atoms with Gasteiger partial charge in [-0.3, -0.25) is 0 Å². The molecule has 0 spiro atoms. The quantitative estimate of drug-likeness (QED) is 0.747. The van der Waals surface area contributed by atoms with Crippen molar-refractivity contribution >= 4 is 5.69 Å². The lowest BCUT2D eigenvalue weighted by Crippen LogP contribution is -2.33. The van der Waals surface area contributed by atoms with E-state index in [1.54, 1.807) is 27.4 Å². The molecule has 0 bridgehead atoms. The van der Waals surface area contributed by atoms with Crippen molar-refractivity contribution in [2.75, 3.05) is 39.7 Å². The number of ether oxygens (including phenoxy) is 3. The van der Waals surface area contributed by atoms with Crippen molar-refractivity contribution < 1.29 is 19.3 Å². The van der Waals surface area contributed by atoms with Gasteiger partial charge >= 0.3 is 0 Å². The molecule has 0 saturated heterocycles. The Kier molecular flexibility index (Phi) is 4.01. The first-order valence-electron chi connectivity index (χ1n) is 6.12. The summed E-state index contributed by atoms with van der Waals surface area (Å²) in [5, 5.41) is 13.6. The van der Waals surface area contributed by atoms with Crippen LogP contribution in [-0.2, 0) is 0 Å². The number of hydrogen-bond acceptors (Lipinski definition) is 6. The lowest BCUT2D eigenvalue weighted by atomic mass is 9.90. The van der Waals surface area contributed by atoms with Crippen LogP contribution in [0, 0.1) is 5.92 Å². The summed E-state index contributed by atoms with van der Waals surface area (Å²) in [6.45, 7) is 1.00. The molecule has 0 unspecified atom stereocenters. The minimum Gasteiger partial charge on any atom is -0.493 e. The molecule has 0 radical (unpaired) electrons. The Morgan fingerprint density at radius 3 is 2.47 bits per heavy atom. The summed E-state index contributed by atoms with van der Waals surface area (Å²) in [4.78, 5) is 0. The van der Waals surface area contributed by atoms with E-state index in [9.17, 15) is 5.11 Å². The van der Waals surface area contributed by atoms with Crippen LogP contribution in [0.4, 0.5) is 5.69 Å². The molecule has 4 N–H and O–H groups in total. The number of nitrogens with one attached hydrogen (secondary N) is 1. The van der Waals surface area contributed by atoms with Crippen molar-refractivity contribution in [3.8, 4) is 17.2 Å². The van der Waals surface area contributed by atoms with Crippen LogP contribution in [0.2, 0.25) is 0 Å². The number of nitrogens with two attached hydrogens (primary N) is 1. The highest BCUT2D eigenvalue weighted by molar-refractivity contribution is 5.73. The molecule has 6 nitrogen and oxygen atoms in total. The van der Waals surface area contributed by atoms with Crippen molar-refractivity contribution in [2.45, 2.75) is 6.10 Å². The second-order valence-electron chi connectivity index (χ2n) is 4.43. The average molecular weight is 268 g/mol. The van der Waals surface area contributed by atoms with E-state index in [1.165, 1.54) is 0 Å². The van der Waals surface area contributed by atoms with Crippen molar-refractivity contribution in [1.29, 1.82) is 0 Å². The maximum Gasteiger partial charge on any atom is 0.205 e. The maximum absolute atomic E-state index is 10.4. The Morgan fingerprint density at radius 1 is 1.26 bits per heavy atom. The largest absolute Gasteiger partial charge is 0.493 e. The van der Waals surface area contributed by atoms with E-state index < -0.39 is 6.10 Å². The van der Waals surface area contributed by atoms with Crippen LogP contribution in [0.1, 0.15) is 11.7 Å². The third kappa shape index (κ3) is 2.17. The summed E-state index contributed by atoms with van der Waals surface area (Å²) in [6.07, 6.45) is -0.644. The number of benzene rings is 1. The molecule has 0 aliphatic carbocycles. The minimum atomic E-state index is -0.644. The van der Waals surface area contributed by atoms with Crippen LogP contribution in [0.3, 0.4) is 0 Å². The van der Waals surface area contributed by atoms with Gasteiger partial charge in [-0.25, -0.2) is 0 Å². The van der Waals surface area contributed by atoms with Crippen molar-refractivity contribution in [2.24, 2.45) is 11.7 Å². The molecular weight excluding hydrogens is 248 g/mol. The number of aliphatic hydroxyl groups excluding tert-OH is 1. The molecule has 1 aliphatic rings. The summed E-state index contributed by atoms with van der Waals surface area (Å²) < 4.78 is 16.0. The zero-order chi connectivity index (χ0) is 14.0. The number of rotatable bonds is 4. The summed E-state index contributed by atoms with van der Waals surface area (Å²) in [5.74, 6) is 1.54. The van der Waals surface area contributed by atoms with E-state index in [0.29, 0.717) is 30.3 Å². The van der Waals surface area contributed by atoms with Crippen LogP contribution in [0.5, 0.6) is 17.2 Å². The van der Waals surface area contributed by atoms with Gasteiger partial charge in [0.1, 0.15) is 0 Å². The molecular formula is C13H20N2O4. The van der Waals surface area contributed by atoms with Crippen molar-refractivity contribution in [3.63, 3.8) is 0 Å². The van der Waals surface area contributed by atoms with E-state index in [2.05, 4.69) is 5.32 Å². The Bertz CT molecular complexity index is 464. The normalized spacial score (nSPS) is 21.3. The molecule has 0 aromatic heterocycles. The fourth-order valence-corrected chi connectivity index (χ4v) is 2.40. The van der Waals surface area contributed by atoms with Crippen LogP contribution in [0.25, 0.3) is 0 Å². The standard InChI is InChI=1S/C13H20N2O4/c1-17-9-4-8-10(13(19-3)12(9)18-2)15-6-7(5-14)11(8)16/h4,7,11,15-16H,5-6,14H2,1-3H3/t7-,11+/m0/s1. The van der Waals surface area contributed by atoms with Gasteiger partial charge in [-0.1, -0.05) is 0 Å². The molecule has 1 aromatic carbocycles. The molecule has 0 amide bonds. The molecule has 106 valence electrons. The van der Waals surface area contributed by atoms with Crippen LogP contribution < -0.4 is 25.3 Å². The zero-order valence-electron chi connectivity index (χ0n) is 11.4. The number of aliphatic hydroxyl groups is 1. The Morgan fingerprint density at radius 2 is 1.95 bits per heavy atom. The van der Waals surface area contributed by atoms with Crippen LogP contribution in [0.15, 0.2) is 6.07 Å². The topological polar surface area (TPSA) is 86.0 Å². The summed E-state index contributed by atoms with van der Waals surface area (Å²) >= 11 is 0. The first kappa shape index (κ1) is 13.8. The number of methoxy groups -OCH3 is 3. The van der Waals surface area contributed by atoms with Gasteiger partial charge < -0.3 is 30.4 Å². The zero-order valence-corrected chi connectivity index (χ0v) is 11.4. The van der Waals surface area contributed by atoms with Gasteiger partial charge in [0.15, 0.2) is 11.5 Å². The molecule has 1 heterocycles. The van der Waals surface area contributed by atoms with Crippen LogP contribution >= 0.6 is 0 Å². The molecule has 0 fully saturated rings. The highest BCUT2D eigenvalue weighted by Gasteiger charge is 2.32. The van der Waals surface area contributed by atoms with Gasteiger partial charge in [0, 0.05) is 18.0 Å². The fraction of sp³-hybridized carbons (Fsp3) is 0.538. The van der Waals surface area contributed by atoms with Crippen molar-refractivity contribution in [1.82, 2.24) is 0 Å². The van der Waals surface area contributed by atoms with Gasteiger partial charge in [0.2, 0.25) is 5.75 Å². The molecule has 2 rings (SSSR count). The van der Waals surface area contributed by atoms with Gasteiger partial charge in [0.25, 0.3) is 0 Å². The molecule has 2 atom stereocenters. The van der Waals surface area contributed by atoms with E-state index in [4.69, 9.17) is 19.9 Å². The van der Waals surface area contributed by atoms with Crippen molar-refractivity contribution in [3.05, 3.63) is 11.6 Å². The third-order valence-corrected chi connectivity index (χ3v) is 3.47. The van der Waals surface area contributed by atoms with E-state index in [0.717, 1.165) is 11.3 Å². The number of fused-ring (bicyclic) bond motifs is 1. The Hall–Kier alpha value is -1.66. The summed E-state index contributed by atoms with van der Waals surface area (Å²) in [7, 11) is 4.65. The lowest BCUT2D eigenvalue weighted by Gasteiger charge is -2.32. The SMILES string of the molecule is COc1cc2c(c(OC)c1OC)NC[C@H](CN)[C@H]2O. The molecule has 1 aromatic rings. The average Bonchev–Trinajstić information content (AvgIpc) is 2.45. The van der Waals surface area contributed by atoms with Gasteiger partial charge in [-0.05, 0) is 12.6 Å². The van der Waals surface area contributed by atoms with E-state index in [-0.39, 0.29) is 5.92 Å². The smallest absolute Gasteiger partial charge is 0.205 e. The number of anilines is 1. The monoisotopic (exact) mass is 268 g/mol. The Balaban J connectivity index is 2.59. The fourth-order valence-electron chi connectivity index (χ4n) is 2.40. The van der Waals surface area contributed by atoms with E-state index in [1.807, 2.05) is 0 Å². The lowest BCUT2D eigenvalue weighted by molar-refractivity contribution is 0.113. The predicted octanol–water partition coefficient (Wildman–Crippen LogP) is 0.746. The Labute approximate surface area is 112 Å². The summed E-state index contributed by atoms with van der Waals surface area (Å²) in [6, 6.07) is 1.76. The predicted molar refractivity (Wildman–Crippen MR) is 72.1 cm³/mol. The minimum absolute atomic E-state index is 0.0321. The number of hydrogen-bond donors (Lipinski definition) is 3. The first-order valence-corrected chi connectivity index (χ1v) is 6.12. The second kappa shape index (κ2) is 5.54. The second-order valence-corrected chi connectivity index (χ2v) is 4.43. The highest BCUT2D eigenvalue weighted by atomic mass is 16.5. The van der Waals surface area contributed by atoms with Gasteiger partial charge in [0.05, 0.1) is 33.1 Å². The molecule has 0 saturated carbocycles. The van der Waals surface area contributed by atoms with Gasteiger partial charge in [-0.15, -0.1) is 0 Å². The first-order chi connectivity index (χ1) is 9.17.